The number of piperazine rings is 1. The molecule has 0 spiro atoms. The van der Waals surface area contributed by atoms with Crippen LogP contribution >= 0.6 is 0 Å². The van der Waals surface area contributed by atoms with E-state index in [-0.39, 0.29) is 5.91 Å². The average molecular weight is 420 g/mol. The van der Waals surface area contributed by atoms with Crippen molar-refractivity contribution in [3.63, 3.8) is 0 Å². The Morgan fingerprint density at radius 1 is 1.00 bits per heavy atom. The number of benzene rings is 2. The van der Waals surface area contributed by atoms with E-state index in [4.69, 9.17) is 5.11 Å². The second-order valence-corrected chi connectivity index (χ2v) is 7.16. The van der Waals surface area contributed by atoms with Crippen LogP contribution in [0.15, 0.2) is 67.0 Å². The number of anilines is 2. The van der Waals surface area contributed by atoms with Gasteiger partial charge < -0.3 is 20.2 Å². The summed E-state index contributed by atoms with van der Waals surface area (Å²) in [7, 11) is 0. The van der Waals surface area contributed by atoms with Crippen molar-refractivity contribution in [2.24, 2.45) is 0 Å². The van der Waals surface area contributed by atoms with Crippen LogP contribution < -0.4 is 10.2 Å². The van der Waals surface area contributed by atoms with Crippen LogP contribution in [0.1, 0.15) is 10.4 Å². The van der Waals surface area contributed by atoms with Crippen molar-refractivity contribution in [1.82, 2.24) is 9.88 Å². The van der Waals surface area contributed by atoms with E-state index in [1.807, 2.05) is 18.2 Å². The fourth-order valence-corrected chi connectivity index (χ4v) is 3.63. The number of carboxylic acid groups (broad SMARTS) is 1. The summed E-state index contributed by atoms with van der Waals surface area (Å²) in [5.74, 6) is -0.816. The molecule has 0 atom stereocenters. The number of carbonyl (C=O) groups is 2. The predicted molar refractivity (Wildman–Crippen MR) is 116 cm³/mol. The minimum absolute atomic E-state index is 0.318. The summed E-state index contributed by atoms with van der Waals surface area (Å²) in [6, 6.07) is 15.4. The topological polar surface area (TPSA) is 85.8 Å². The first-order valence-corrected chi connectivity index (χ1v) is 9.86. The molecule has 4 rings (SSSR count). The summed E-state index contributed by atoms with van der Waals surface area (Å²) >= 11 is 0. The third-order valence-electron chi connectivity index (χ3n) is 5.24. The smallest absolute Gasteiger partial charge is 0.407 e. The number of rotatable bonds is 4. The Balaban J connectivity index is 1.49. The average Bonchev–Trinajstić information content (AvgIpc) is 2.80. The van der Waals surface area contributed by atoms with Gasteiger partial charge in [-0.3, -0.25) is 9.78 Å². The van der Waals surface area contributed by atoms with Gasteiger partial charge in [0, 0.05) is 55.4 Å². The summed E-state index contributed by atoms with van der Waals surface area (Å²) in [5, 5.41) is 11.8. The molecule has 2 amide bonds. The van der Waals surface area contributed by atoms with Gasteiger partial charge in [0.25, 0.3) is 5.91 Å². The fourth-order valence-electron chi connectivity index (χ4n) is 3.63. The van der Waals surface area contributed by atoms with E-state index in [1.165, 1.54) is 11.0 Å². The molecule has 1 aromatic heterocycles. The molecule has 0 saturated carbocycles. The molecule has 0 unspecified atom stereocenters. The van der Waals surface area contributed by atoms with E-state index >= 15 is 0 Å². The highest BCUT2D eigenvalue weighted by Crippen LogP contribution is 2.26. The second-order valence-electron chi connectivity index (χ2n) is 7.16. The molecule has 158 valence electrons. The first-order valence-electron chi connectivity index (χ1n) is 9.86. The molecule has 0 bridgehead atoms. The number of carbonyl (C=O) groups excluding carboxylic acids is 1. The number of hydrogen-bond donors (Lipinski definition) is 2. The van der Waals surface area contributed by atoms with Gasteiger partial charge in [0.1, 0.15) is 5.82 Å². The maximum absolute atomic E-state index is 14.8. The highest BCUT2D eigenvalue weighted by molar-refractivity contribution is 6.08. The largest absolute Gasteiger partial charge is 0.465 e. The first kappa shape index (κ1) is 20.3. The van der Waals surface area contributed by atoms with Crippen molar-refractivity contribution < 1.29 is 19.1 Å². The van der Waals surface area contributed by atoms with Crippen LogP contribution in [0, 0.1) is 5.82 Å². The van der Waals surface area contributed by atoms with Crippen molar-refractivity contribution >= 4 is 23.4 Å². The third-order valence-corrected chi connectivity index (χ3v) is 5.24. The highest BCUT2D eigenvalue weighted by Gasteiger charge is 2.22. The van der Waals surface area contributed by atoms with Crippen LogP contribution in [0.25, 0.3) is 11.1 Å². The molecule has 1 aliphatic heterocycles. The van der Waals surface area contributed by atoms with Crippen LogP contribution in [0.3, 0.4) is 0 Å². The molecule has 3 aromatic rings. The Hall–Kier alpha value is -3.94. The van der Waals surface area contributed by atoms with Crippen molar-refractivity contribution in [3.05, 3.63) is 78.4 Å². The number of pyridine rings is 1. The number of aromatic nitrogens is 1. The summed E-state index contributed by atoms with van der Waals surface area (Å²) in [6.07, 6.45) is 2.38. The van der Waals surface area contributed by atoms with Gasteiger partial charge >= 0.3 is 6.09 Å². The molecule has 7 nitrogen and oxygen atoms in total. The SMILES string of the molecule is O=C(Nc1ccc(N2CCN(C(=O)O)CC2)c(F)c1)c1ccccc1-c1cccnc1. The predicted octanol–water partition coefficient (Wildman–Crippen LogP) is 3.94. The van der Waals surface area contributed by atoms with Crippen molar-refractivity contribution in [3.8, 4) is 11.1 Å². The lowest BCUT2D eigenvalue weighted by atomic mass is 10.0. The number of hydrogen-bond acceptors (Lipinski definition) is 4. The van der Waals surface area contributed by atoms with Gasteiger partial charge in [-0.25, -0.2) is 9.18 Å². The maximum atomic E-state index is 14.8. The molecule has 2 heterocycles. The standard InChI is InChI=1S/C23H21FN4O3/c24-20-14-17(7-8-21(20)27-10-12-28(13-11-27)23(30)31)26-22(29)19-6-2-1-5-18(19)16-4-3-9-25-15-16/h1-9,14-15H,10-13H2,(H,26,29)(H,30,31). The lowest BCUT2D eigenvalue weighted by Crippen LogP contribution is -2.48. The van der Waals surface area contributed by atoms with Crippen molar-refractivity contribution in [1.29, 1.82) is 0 Å². The zero-order valence-electron chi connectivity index (χ0n) is 16.7. The molecular weight excluding hydrogens is 399 g/mol. The van der Waals surface area contributed by atoms with Gasteiger partial charge in [0.2, 0.25) is 0 Å². The molecule has 1 aliphatic rings. The van der Waals surface area contributed by atoms with Crippen LogP contribution in [0.5, 0.6) is 0 Å². The monoisotopic (exact) mass is 420 g/mol. The van der Waals surface area contributed by atoms with Crippen LogP contribution in [0.4, 0.5) is 20.6 Å². The Kier molecular flexibility index (Phi) is 5.79. The lowest BCUT2D eigenvalue weighted by molar-refractivity contribution is 0.102. The Labute approximate surface area is 178 Å². The van der Waals surface area contributed by atoms with Gasteiger partial charge in [-0.15, -0.1) is 0 Å². The number of amides is 2. The van der Waals surface area contributed by atoms with Crippen LogP contribution in [-0.4, -0.2) is 53.2 Å². The minimum atomic E-state index is -0.968. The first-order chi connectivity index (χ1) is 15.0. The van der Waals surface area contributed by atoms with Gasteiger partial charge in [-0.05, 0) is 35.9 Å². The molecule has 1 fully saturated rings. The molecule has 2 N–H and O–H groups in total. The number of nitrogens with one attached hydrogen (secondary N) is 1. The molecule has 0 radical (unpaired) electrons. The third kappa shape index (κ3) is 4.48. The van der Waals surface area contributed by atoms with Gasteiger partial charge in [0.05, 0.1) is 5.69 Å². The van der Waals surface area contributed by atoms with E-state index in [0.717, 1.165) is 11.1 Å². The van der Waals surface area contributed by atoms with Crippen LogP contribution in [0.2, 0.25) is 0 Å². The molecule has 2 aromatic carbocycles. The summed E-state index contributed by atoms with van der Waals surface area (Å²) in [4.78, 5) is 31.1. The summed E-state index contributed by atoms with van der Waals surface area (Å²) in [5.41, 5.74) is 2.75. The fraction of sp³-hybridized carbons (Fsp3) is 0.174. The van der Waals surface area contributed by atoms with E-state index in [0.29, 0.717) is 43.1 Å². The van der Waals surface area contributed by atoms with E-state index in [2.05, 4.69) is 10.3 Å². The summed E-state index contributed by atoms with van der Waals surface area (Å²) < 4.78 is 14.8. The maximum Gasteiger partial charge on any atom is 0.407 e. The van der Waals surface area contributed by atoms with Gasteiger partial charge in [0.15, 0.2) is 0 Å². The number of halogens is 1. The van der Waals surface area contributed by atoms with Gasteiger partial charge in [-0.1, -0.05) is 24.3 Å². The van der Waals surface area contributed by atoms with Crippen LogP contribution in [-0.2, 0) is 0 Å². The quantitative estimate of drug-likeness (QED) is 0.668. The zero-order chi connectivity index (χ0) is 21.8. The molecule has 1 saturated heterocycles. The summed E-state index contributed by atoms with van der Waals surface area (Å²) in [6.45, 7) is 1.46. The van der Waals surface area contributed by atoms with Crippen molar-refractivity contribution in [2.45, 2.75) is 0 Å². The van der Waals surface area contributed by atoms with Gasteiger partial charge in [-0.2, -0.15) is 0 Å². The molecule has 31 heavy (non-hydrogen) atoms. The highest BCUT2D eigenvalue weighted by atomic mass is 19.1. The number of nitrogens with zero attached hydrogens (tertiary/aromatic N) is 3. The normalized spacial score (nSPS) is 13.7. The van der Waals surface area contributed by atoms with E-state index in [9.17, 15) is 14.0 Å². The second kappa shape index (κ2) is 8.83. The molecule has 8 heteroatoms. The molecular formula is C23H21FN4O3. The lowest BCUT2D eigenvalue weighted by Gasteiger charge is -2.34. The minimum Gasteiger partial charge on any atom is -0.465 e. The Morgan fingerprint density at radius 3 is 2.45 bits per heavy atom. The van der Waals surface area contributed by atoms with Crippen molar-refractivity contribution in [2.75, 3.05) is 36.4 Å². The zero-order valence-corrected chi connectivity index (χ0v) is 16.7. The van der Waals surface area contributed by atoms with E-state index in [1.54, 1.807) is 47.6 Å². The Morgan fingerprint density at radius 2 is 1.77 bits per heavy atom. The van der Waals surface area contributed by atoms with E-state index < -0.39 is 11.9 Å². The molecule has 0 aliphatic carbocycles. The Bertz CT molecular complexity index is 1100.